The van der Waals surface area contributed by atoms with Gasteiger partial charge in [-0.05, 0) is 0 Å². The molecule has 6 nitrogen and oxygen atoms in total. The van der Waals surface area contributed by atoms with Gasteiger partial charge >= 0.3 is 19.5 Å². The van der Waals surface area contributed by atoms with Crippen molar-refractivity contribution in [3.05, 3.63) is 17.5 Å². The van der Waals surface area contributed by atoms with E-state index < -0.39 is 0 Å². The molecule has 0 aromatic carbocycles. The maximum Gasteiger partial charge on any atom is 3.00 e. The molecule has 0 bridgehead atoms. The second kappa shape index (κ2) is 1260. The number of nitrogens with one attached hydrogen (secondary N) is 3. The van der Waals surface area contributed by atoms with E-state index >= 15 is 0 Å². The van der Waals surface area contributed by atoms with Gasteiger partial charge in [-0.3, -0.25) is 0 Å². The van der Waals surface area contributed by atoms with Crippen molar-refractivity contribution in [2.24, 2.45) is 17.5 Å². The van der Waals surface area contributed by atoms with Gasteiger partial charge in [-0.1, -0.05) is 0 Å². The molecule has 0 heterocycles. The number of nitrogens with two attached hydrogens (primary N) is 3. The van der Waals surface area contributed by atoms with Crippen molar-refractivity contribution in [1.29, 1.82) is 0 Å². The molecule has 7 heavy (non-hydrogen) atoms. The van der Waals surface area contributed by atoms with Crippen molar-refractivity contribution in [3.8, 4) is 0 Å². The number of rotatable bonds is 0. The molecule has 0 saturated carbocycles. The minimum Gasteiger partial charge on any atom is -0.615 e. The molecular weight excluding hydrogens is 185 g/mol. The van der Waals surface area contributed by atoms with Crippen molar-refractivity contribution in [2.75, 3.05) is 0 Å². The van der Waals surface area contributed by atoms with Gasteiger partial charge in [0.2, 0.25) is 0 Å². The molecule has 0 aliphatic heterocycles. The van der Waals surface area contributed by atoms with Gasteiger partial charge in [0.05, 0.1) is 0 Å². The molecule has 0 rings (SSSR count). The monoisotopic (exact) mass is 195 g/mol. The zero-order valence-electron chi connectivity index (χ0n) is 3.59. The minimum absolute atomic E-state index is 0. The zero-order valence-corrected chi connectivity index (χ0v) is 5.32. The SMILES string of the molecule is [NH-]N.[NH-]N.[NH-]N.[Ru+3]. The van der Waals surface area contributed by atoms with Crippen molar-refractivity contribution in [2.45, 2.75) is 0 Å². The Hall–Kier alpha value is 0.383. The maximum absolute atomic E-state index is 5.25. The first-order valence-corrected chi connectivity index (χ1v) is 0.866. The first-order valence-electron chi connectivity index (χ1n) is 0.866. The Morgan fingerprint density at radius 3 is 0.571 bits per heavy atom. The molecular formula is H9N6Ru. The molecule has 9 N–H and O–H groups in total. The maximum atomic E-state index is 5.25. The molecule has 0 atom stereocenters. The third kappa shape index (κ3) is 834. The Kier molecular flexibility index (Phi) is 4730. The molecule has 0 amide bonds. The summed E-state index contributed by atoms with van der Waals surface area (Å²) in [6.45, 7) is 0. The molecule has 47 valence electrons. The van der Waals surface area contributed by atoms with E-state index in [2.05, 4.69) is 17.5 Å². The van der Waals surface area contributed by atoms with Crippen LogP contribution in [-0.4, -0.2) is 0 Å². The van der Waals surface area contributed by atoms with Crippen molar-refractivity contribution < 1.29 is 19.5 Å². The largest absolute Gasteiger partial charge is 3.00 e. The van der Waals surface area contributed by atoms with Crippen molar-refractivity contribution in [3.63, 3.8) is 0 Å². The Bertz CT molecular complexity index is 4.14. The summed E-state index contributed by atoms with van der Waals surface area (Å²) in [4.78, 5) is 0. The second-order valence-corrected chi connectivity index (χ2v) is 0. The molecule has 0 aliphatic rings. The van der Waals surface area contributed by atoms with E-state index in [-0.39, 0.29) is 19.5 Å². The van der Waals surface area contributed by atoms with E-state index in [1.54, 1.807) is 0 Å². The second-order valence-electron chi connectivity index (χ2n) is 0. The van der Waals surface area contributed by atoms with Crippen molar-refractivity contribution >= 4 is 0 Å². The first kappa shape index (κ1) is 26.3. The van der Waals surface area contributed by atoms with Gasteiger partial charge in [-0.2, -0.15) is 0 Å². The van der Waals surface area contributed by atoms with Crippen LogP contribution in [0.25, 0.3) is 17.5 Å². The van der Waals surface area contributed by atoms with Gasteiger partial charge < -0.3 is 35.1 Å². The molecule has 0 saturated heterocycles. The van der Waals surface area contributed by atoms with Gasteiger partial charge in [0, 0.05) is 0 Å². The van der Waals surface area contributed by atoms with Crippen LogP contribution in [0.2, 0.25) is 0 Å². The molecule has 0 unspecified atom stereocenters. The number of hydrogen-bond donors (Lipinski definition) is 3. The fourth-order valence-electron chi connectivity index (χ4n) is 0. The number of hydrogen-bond acceptors (Lipinski definition) is 3. The van der Waals surface area contributed by atoms with Crippen LogP contribution >= 0.6 is 0 Å². The van der Waals surface area contributed by atoms with E-state index in [9.17, 15) is 0 Å². The fourth-order valence-corrected chi connectivity index (χ4v) is 0. The molecule has 0 aromatic rings. The molecule has 0 aliphatic carbocycles. The third-order valence-electron chi connectivity index (χ3n) is 0. The van der Waals surface area contributed by atoms with Crippen LogP contribution in [0.1, 0.15) is 0 Å². The summed E-state index contributed by atoms with van der Waals surface area (Å²) in [5.41, 5.74) is 0. The summed E-state index contributed by atoms with van der Waals surface area (Å²) in [5.74, 6) is 27.0. The molecule has 0 spiro atoms. The standard InChI is InChI=1S/3H3N2.Ru/c3*1-2;/h3*1H,2H2;/q3*-1;+3. The van der Waals surface area contributed by atoms with Crippen LogP contribution in [0.5, 0.6) is 0 Å². The van der Waals surface area contributed by atoms with Gasteiger partial charge in [-0.25, -0.2) is 0 Å². The molecule has 0 fully saturated rings. The minimum atomic E-state index is 0. The summed E-state index contributed by atoms with van der Waals surface area (Å²) in [5, 5.41) is 0. The van der Waals surface area contributed by atoms with Crippen LogP contribution in [0.3, 0.4) is 0 Å². The summed E-state index contributed by atoms with van der Waals surface area (Å²) >= 11 is 0. The van der Waals surface area contributed by atoms with Crippen molar-refractivity contribution in [1.82, 2.24) is 0 Å². The Morgan fingerprint density at radius 2 is 0.571 bits per heavy atom. The van der Waals surface area contributed by atoms with Crippen LogP contribution < -0.4 is 17.5 Å². The Labute approximate surface area is 55.2 Å². The normalized spacial score (nSPS) is 2.57. The van der Waals surface area contributed by atoms with Gasteiger partial charge in [0.25, 0.3) is 0 Å². The topological polar surface area (TPSA) is 149 Å². The fraction of sp³-hybridized carbons (Fsp3) is 0. The van der Waals surface area contributed by atoms with Crippen LogP contribution in [0, 0.1) is 0 Å². The van der Waals surface area contributed by atoms with Gasteiger partial charge in [-0.15, -0.1) is 0 Å². The predicted molar refractivity (Wildman–Crippen MR) is 25.5 cm³/mol. The van der Waals surface area contributed by atoms with Gasteiger partial charge in [0.1, 0.15) is 0 Å². The smallest absolute Gasteiger partial charge is 0.615 e. The molecule has 1 radical (unpaired) electrons. The predicted octanol–water partition coefficient (Wildman–Crippen LogP) is -0.266. The van der Waals surface area contributed by atoms with E-state index in [1.807, 2.05) is 0 Å². The van der Waals surface area contributed by atoms with Crippen LogP contribution in [-0.2, 0) is 19.5 Å². The van der Waals surface area contributed by atoms with E-state index in [0.29, 0.717) is 0 Å². The zero-order chi connectivity index (χ0) is 6.00. The summed E-state index contributed by atoms with van der Waals surface area (Å²) < 4.78 is 0. The van der Waals surface area contributed by atoms with E-state index in [0.717, 1.165) is 0 Å². The van der Waals surface area contributed by atoms with E-state index in [4.69, 9.17) is 17.5 Å². The van der Waals surface area contributed by atoms with Gasteiger partial charge in [0.15, 0.2) is 0 Å². The molecule has 7 heteroatoms. The van der Waals surface area contributed by atoms with Crippen LogP contribution in [0.15, 0.2) is 0 Å². The first-order chi connectivity index (χ1) is 3.00. The summed E-state index contributed by atoms with van der Waals surface area (Å²) in [7, 11) is 0. The summed E-state index contributed by atoms with van der Waals surface area (Å²) in [6, 6.07) is 0. The quantitative estimate of drug-likeness (QED) is 0.276. The Morgan fingerprint density at radius 1 is 0.571 bits per heavy atom. The third-order valence-corrected chi connectivity index (χ3v) is 0. The summed E-state index contributed by atoms with van der Waals surface area (Å²) in [6.07, 6.45) is 0. The molecule has 0 aromatic heterocycles. The average molecular weight is 194 g/mol. The van der Waals surface area contributed by atoms with E-state index in [1.165, 1.54) is 0 Å². The van der Waals surface area contributed by atoms with Crippen LogP contribution in [0.4, 0.5) is 0 Å². The average Bonchev–Trinajstić information content (AvgIpc) is 1.81. The Balaban J connectivity index is -0.00000000900.